The Labute approximate surface area is 192 Å². The third-order valence-electron chi connectivity index (χ3n) is 5.55. The number of methoxy groups -OCH3 is 1. The van der Waals surface area contributed by atoms with Crippen molar-refractivity contribution in [3.63, 3.8) is 0 Å². The highest BCUT2D eigenvalue weighted by Gasteiger charge is 2.37. The summed E-state index contributed by atoms with van der Waals surface area (Å²) in [6, 6.07) is 5.75. The number of halogens is 3. The van der Waals surface area contributed by atoms with E-state index in [4.69, 9.17) is 9.47 Å². The Bertz CT molecular complexity index is 886. The molecule has 0 spiro atoms. The molecule has 0 aromatic heterocycles. The fourth-order valence-electron chi connectivity index (χ4n) is 3.89. The van der Waals surface area contributed by atoms with E-state index in [0.717, 1.165) is 24.1 Å². The second-order valence-corrected chi connectivity index (χ2v) is 9.55. The van der Waals surface area contributed by atoms with Crippen molar-refractivity contribution in [2.75, 3.05) is 20.2 Å². The number of benzene rings is 1. The van der Waals surface area contributed by atoms with Crippen molar-refractivity contribution in [2.24, 2.45) is 16.8 Å². The molecular formula is C24H31F3N2O4. The molecule has 1 heterocycles. The monoisotopic (exact) mass is 468 g/mol. The zero-order chi connectivity index (χ0) is 24.4. The fourth-order valence-corrected chi connectivity index (χ4v) is 3.89. The molecule has 1 aromatic rings. The first-order valence-corrected chi connectivity index (χ1v) is 11.0. The Morgan fingerprint density at radius 1 is 1.09 bits per heavy atom. The number of aliphatic imine (C=N–C) groups is 1. The highest BCUT2D eigenvalue weighted by atomic mass is 19.4. The molecule has 6 nitrogen and oxygen atoms in total. The third kappa shape index (κ3) is 7.40. The summed E-state index contributed by atoms with van der Waals surface area (Å²) in [5.74, 6) is 0.232. The van der Waals surface area contributed by atoms with E-state index in [-0.39, 0.29) is 17.6 Å². The average Bonchev–Trinajstić information content (AvgIpc) is 3.55. The van der Waals surface area contributed by atoms with Crippen molar-refractivity contribution < 1.29 is 32.2 Å². The molecule has 182 valence electrons. The maximum atomic E-state index is 12.9. The summed E-state index contributed by atoms with van der Waals surface area (Å²) >= 11 is 0. The molecule has 1 aromatic carbocycles. The number of nitrogens with zero attached hydrogens (tertiary/aromatic N) is 2. The SMILES string of the molecule is C=C(N=C(OC)C1CC(c2ccc(OC(F)(F)F)cc2)CN(C(=O)OC(C)(C)C)C1)C1CC1. The Morgan fingerprint density at radius 3 is 2.24 bits per heavy atom. The molecule has 0 radical (unpaired) electrons. The van der Waals surface area contributed by atoms with Crippen LogP contribution in [-0.2, 0) is 9.47 Å². The lowest BCUT2D eigenvalue weighted by Gasteiger charge is -2.38. The highest BCUT2D eigenvalue weighted by Crippen LogP contribution is 2.38. The van der Waals surface area contributed by atoms with Gasteiger partial charge >= 0.3 is 12.5 Å². The topological polar surface area (TPSA) is 60.4 Å². The van der Waals surface area contributed by atoms with Crippen molar-refractivity contribution >= 4 is 12.0 Å². The van der Waals surface area contributed by atoms with E-state index in [1.807, 2.05) is 0 Å². The van der Waals surface area contributed by atoms with Gasteiger partial charge in [-0.15, -0.1) is 13.2 Å². The van der Waals surface area contributed by atoms with E-state index in [1.54, 1.807) is 44.9 Å². The number of carbonyl (C=O) groups is 1. The van der Waals surface area contributed by atoms with Crippen LogP contribution in [0.3, 0.4) is 0 Å². The van der Waals surface area contributed by atoms with Crippen molar-refractivity contribution in [2.45, 2.75) is 57.9 Å². The standard InChI is InChI=1S/C24H31F3N2O4/c1-15(16-6-7-16)28-21(31-5)19-12-18(13-29(14-19)22(30)33-23(2,3)4)17-8-10-20(11-9-17)32-24(25,26)27/h8-11,16,18-19H,1,6-7,12-14H2,2-5H3. The van der Waals surface area contributed by atoms with Gasteiger partial charge in [-0.05, 0) is 57.7 Å². The number of hydrogen-bond donors (Lipinski definition) is 0. The molecule has 1 amide bonds. The van der Waals surface area contributed by atoms with Crippen LogP contribution >= 0.6 is 0 Å². The Kier molecular flexibility index (Phi) is 7.29. The molecule has 1 aliphatic carbocycles. The molecule has 1 aliphatic heterocycles. The third-order valence-corrected chi connectivity index (χ3v) is 5.55. The minimum Gasteiger partial charge on any atom is -0.484 e. The lowest BCUT2D eigenvalue weighted by atomic mass is 9.84. The lowest BCUT2D eigenvalue weighted by molar-refractivity contribution is -0.274. The maximum Gasteiger partial charge on any atom is 0.573 e. The smallest absolute Gasteiger partial charge is 0.484 e. The van der Waals surface area contributed by atoms with Gasteiger partial charge in [0.25, 0.3) is 0 Å². The number of piperidine rings is 1. The second-order valence-electron chi connectivity index (χ2n) is 9.55. The predicted octanol–water partition coefficient (Wildman–Crippen LogP) is 5.89. The molecule has 2 aliphatic rings. The van der Waals surface area contributed by atoms with E-state index in [9.17, 15) is 18.0 Å². The largest absolute Gasteiger partial charge is 0.573 e. The van der Waals surface area contributed by atoms with Crippen LogP contribution in [0.1, 0.15) is 51.5 Å². The van der Waals surface area contributed by atoms with Gasteiger partial charge in [-0.3, -0.25) is 0 Å². The van der Waals surface area contributed by atoms with Gasteiger partial charge in [-0.2, -0.15) is 0 Å². The van der Waals surface area contributed by atoms with Crippen LogP contribution in [0.4, 0.5) is 18.0 Å². The van der Waals surface area contributed by atoms with Gasteiger partial charge in [0.15, 0.2) is 5.90 Å². The van der Waals surface area contributed by atoms with Crippen molar-refractivity contribution in [1.29, 1.82) is 0 Å². The van der Waals surface area contributed by atoms with Crippen molar-refractivity contribution in [3.05, 3.63) is 42.1 Å². The first kappa shape index (κ1) is 24.9. The zero-order valence-corrected chi connectivity index (χ0v) is 19.4. The van der Waals surface area contributed by atoms with Crippen LogP contribution in [0, 0.1) is 11.8 Å². The van der Waals surface area contributed by atoms with Crippen LogP contribution in [0.2, 0.25) is 0 Å². The predicted molar refractivity (Wildman–Crippen MR) is 118 cm³/mol. The highest BCUT2D eigenvalue weighted by molar-refractivity contribution is 5.81. The molecule has 1 saturated carbocycles. The quantitative estimate of drug-likeness (QED) is 0.399. The molecule has 1 saturated heterocycles. The molecule has 9 heteroatoms. The number of alkyl halides is 3. The minimum absolute atomic E-state index is 0.147. The summed E-state index contributed by atoms with van der Waals surface area (Å²) in [5.41, 5.74) is 0.903. The molecule has 2 unspecified atom stereocenters. The number of amides is 1. The van der Waals surface area contributed by atoms with Gasteiger partial charge in [0.1, 0.15) is 11.4 Å². The molecule has 33 heavy (non-hydrogen) atoms. The normalized spacial score (nSPS) is 22.0. The van der Waals surface area contributed by atoms with Crippen LogP contribution in [0.15, 0.2) is 41.5 Å². The van der Waals surface area contributed by atoms with E-state index in [2.05, 4.69) is 16.3 Å². The van der Waals surface area contributed by atoms with Gasteiger partial charge in [0.2, 0.25) is 0 Å². The van der Waals surface area contributed by atoms with Crippen LogP contribution in [0.5, 0.6) is 5.75 Å². The van der Waals surface area contributed by atoms with E-state index < -0.39 is 18.1 Å². The van der Waals surface area contributed by atoms with E-state index >= 15 is 0 Å². The summed E-state index contributed by atoms with van der Waals surface area (Å²) in [6.45, 7) is 10.2. The number of ether oxygens (including phenoxy) is 3. The Balaban J connectivity index is 1.84. The van der Waals surface area contributed by atoms with Crippen molar-refractivity contribution in [3.8, 4) is 5.75 Å². The van der Waals surface area contributed by atoms with Crippen LogP contribution in [0.25, 0.3) is 0 Å². The molecule has 0 N–H and O–H groups in total. The number of rotatable bonds is 5. The molecule has 2 fully saturated rings. The summed E-state index contributed by atoms with van der Waals surface area (Å²) in [4.78, 5) is 19.1. The van der Waals surface area contributed by atoms with E-state index in [1.165, 1.54) is 12.1 Å². The second kappa shape index (κ2) is 9.65. The first-order valence-electron chi connectivity index (χ1n) is 11.0. The van der Waals surface area contributed by atoms with Crippen LogP contribution < -0.4 is 4.74 Å². The number of carbonyl (C=O) groups excluding carboxylic acids is 1. The number of hydrogen-bond acceptors (Lipinski definition) is 5. The Hall–Kier alpha value is -2.71. The summed E-state index contributed by atoms with van der Waals surface area (Å²) < 4.78 is 52.6. The summed E-state index contributed by atoms with van der Waals surface area (Å²) in [7, 11) is 1.55. The Morgan fingerprint density at radius 2 is 1.73 bits per heavy atom. The summed E-state index contributed by atoms with van der Waals surface area (Å²) in [6.07, 6.45) is -2.47. The number of likely N-dealkylation sites (tertiary alicyclic amines) is 1. The van der Waals surface area contributed by atoms with Gasteiger partial charge in [0, 0.05) is 30.6 Å². The van der Waals surface area contributed by atoms with Crippen molar-refractivity contribution in [1.82, 2.24) is 4.90 Å². The first-order chi connectivity index (χ1) is 15.3. The van der Waals surface area contributed by atoms with Gasteiger partial charge < -0.3 is 19.1 Å². The lowest BCUT2D eigenvalue weighted by Crippen LogP contribution is -2.47. The number of allylic oxidation sites excluding steroid dienone is 1. The van der Waals surface area contributed by atoms with E-state index in [0.29, 0.717) is 31.3 Å². The zero-order valence-electron chi connectivity index (χ0n) is 19.4. The van der Waals surface area contributed by atoms with Gasteiger partial charge in [-0.25, -0.2) is 9.79 Å². The maximum absolute atomic E-state index is 12.9. The van der Waals surface area contributed by atoms with Gasteiger partial charge in [-0.1, -0.05) is 18.7 Å². The molecule has 0 bridgehead atoms. The minimum atomic E-state index is -4.75. The van der Waals surface area contributed by atoms with Crippen LogP contribution in [-0.4, -0.2) is 49.1 Å². The summed E-state index contributed by atoms with van der Waals surface area (Å²) in [5, 5.41) is 0. The molecular weight excluding hydrogens is 437 g/mol. The van der Waals surface area contributed by atoms with Gasteiger partial charge in [0.05, 0.1) is 13.0 Å². The molecule has 3 rings (SSSR count). The average molecular weight is 469 g/mol. The fraction of sp³-hybridized carbons (Fsp3) is 0.583. The molecule has 2 atom stereocenters.